The number of fused-ring (bicyclic) bond motifs is 2. The Morgan fingerprint density at radius 3 is 2.17 bits per heavy atom. The zero-order valence-corrected chi connectivity index (χ0v) is 23.3. The lowest BCUT2D eigenvalue weighted by molar-refractivity contribution is -0.146. The summed E-state index contributed by atoms with van der Waals surface area (Å²) in [5.41, 5.74) is -1.65. The van der Waals surface area contributed by atoms with Gasteiger partial charge in [-0.1, -0.05) is 43.1 Å². The molecule has 7 atom stereocenters. The Morgan fingerprint density at radius 2 is 1.65 bits per heavy atom. The number of Topliss-reactive ketones (excluding diaryl/α,β-unsaturated/α-hetero) is 1. The number of halogens is 5. The first-order valence-electron chi connectivity index (χ1n) is 13.4. The van der Waals surface area contributed by atoms with Gasteiger partial charge >= 0.3 is 12.1 Å². The summed E-state index contributed by atoms with van der Waals surface area (Å²) in [6.45, 7) is 3.79. The van der Waals surface area contributed by atoms with Crippen LogP contribution in [0, 0.1) is 35.0 Å². The van der Waals surface area contributed by atoms with E-state index in [4.69, 9.17) is 23.2 Å². The number of ketones is 1. The zero-order chi connectivity index (χ0) is 28.9. The molecule has 0 aliphatic heterocycles. The molecule has 214 valence electrons. The third kappa shape index (κ3) is 4.33. The van der Waals surface area contributed by atoms with Gasteiger partial charge in [-0.15, -0.1) is 0 Å². The predicted molar refractivity (Wildman–Crippen MR) is 139 cm³/mol. The quantitative estimate of drug-likeness (QED) is 0.381. The smallest absolute Gasteiger partial charge is 0.433 e. The molecule has 7 nitrogen and oxygen atoms in total. The van der Waals surface area contributed by atoms with Gasteiger partial charge in [0.2, 0.25) is 0 Å². The third-order valence-electron chi connectivity index (χ3n) is 9.94. The summed E-state index contributed by atoms with van der Waals surface area (Å²) < 4.78 is 44.3. The number of aliphatic carboxylic acids is 1. The van der Waals surface area contributed by atoms with Crippen molar-refractivity contribution < 1.29 is 32.7 Å². The third-order valence-corrected chi connectivity index (χ3v) is 10.6. The summed E-state index contributed by atoms with van der Waals surface area (Å²) in [7, 11) is 0. The van der Waals surface area contributed by atoms with E-state index < -0.39 is 59.6 Å². The molecular formula is C28H28Cl2F3N3O4. The SMILES string of the molecule is CC1(C)[C@@H]2CC(N(CC(=O)c3c(Cl)cccc3Cl)C(=O)c3cnn(C4C[C@@H]5C(C(=O)O)[C@@H]5C4)c3C(F)(F)F)C[C@@H]21. The maximum Gasteiger partial charge on any atom is 0.433 e. The zero-order valence-electron chi connectivity index (χ0n) is 21.8. The van der Waals surface area contributed by atoms with Crippen molar-refractivity contribution in [2.45, 2.75) is 57.8 Å². The molecule has 40 heavy (non-hydrogen) atoms. The Bertz CT molecular complexity index is 1380. The molecule has 3 unspecified atom stereocenters. The molecule has 4 saturated carbocycles. The molecule has 4 aliphatic rings. The molecular weight excluding hydrogens is 570 g/mol. The van der Waals surface area contributed by atoms with Crippen LogP contribution < -0.4 is 0 Å². The van der Waals surface area contributed by atoms with Crippen LogP contribution in [0.5, 0.6) is 0 Å². The van der Waals surface area contributed by atoms with Gasteiger partial charge in [-0.25, -0.2) is 0 Å². The molecule has 1 aromatic carbocycles. The van der Waals surface area contributed by atoms with Gasteiger partial charge in [0.05, 0.1) is 45.9 Å². The predicted octanol–water partition coefficient (Wildman–Crippen LogP) is 6.25. The fraction of sp³-hybridized carbons (Fsp3) is 0.571. The van der Waals surface area contributed by atoms with E-state index in [2.05, 4.69) is 18.9 Å². The highest BCUT2D eigenvalue weighted by Gasteiger charge is 2.64. The number of carbonyl (C=O) groups is 3. The molecule has 6 rings (SSSR count). The van der Waals surface area contributed by atoms with Crippen LogP contribution in [0.1, 0.15) is 72.0 Å². The van der Waals surface area contributed by atoms with Crippen LogP contribution in [0.15, 0.2) is 24.4 Å². The van der Waals surface area contributed by atoms with Crippen LogP contribution in [-0.2, 0) is 11.0 Å². The van der Waals surface area contributed by atoms with E-state index in [0.717, 1.165) is 10.9 Å². The van der Waals surface area contributed by atoms with Crippen molar-refractivity contribution in [1.29, 1.82) is 0 Å². The number of rotatable bonds is 7. The number of hydrogen-bond acceptors (Lipinski definition) is 4. The van der Waals surface area contributed by atoms with Gasteiger partial charge in [-0.05, 0) is 66.9 Å². The lowest BCUT2D eigenvalue weighted by Gasteiger charge is -2.31. The molecule has 2 aromatic rings. The normalized spacial score (nSPS) is 31.4. The van der Waals surface area contributed by atoms with Gasteiger partial charge in [0.25, 0.3) is 5.91 Å². The average Bonchev–Trinajstić information content (AvgIpc) is 3.34. The maximum absolute atomic E-state index is 14.5. The van der Waals surface area contributed by atoms with Gasteiger partial charge in [0.1, 0.15) is 0 Å². The first-order chi connectivity index (χ1) is 18.7. The number of hydrogen-bond donors (Lipinski definition) is 1. The van der Waals surface area contributed by atoms with Crippen LogP contribution in [0.4, 0.5) is 13.2 Å². The molecule has 0 spiro atoms. The fourth-order valence-electron chi connectivity index (χ4n) is 7.71. The number of amides is 1. The van der Waals surface area contributed by atoms with Crippen molar-refractivity contribution in [1.82, 2.24) is 14.7 Å². The van der Waals surface area contributed by atoms with E-state index in [1.54, 1.807) is 6.07 Å². The van der Waals surface area contributed by atoms with Crippen LogP contribution in [-0.4, -0.2) is 50.0 Å². The van der Waals surface area contributed by atoms with Crippen molar-refractivity contribution in [2.75, 3.05) is 6.54 Å². The second-order valence-electron chi connectivity index (χ2n) is 12.3. The number of carboxylic acids is 1. The van der Waals surface area contributed by atoms with Gasteiger partial charge in [0.15, 0.2) is 11.5 Å². The Morgan fingerprint density at radius 1 is 1.07 bits per heavy atom. The van der Waals surface area contributed by atoms with Crippen molar-refractivity contribution in [2.24, 2.45) is 35.0 Å². The molecule has 1 N–H and O–H groups in total. The van der Waals surface area contributed by atoms with Gasteiger partial charge in [0, 0.05) is 6.04 Å². The Hall–Kier alpha value is -2.59. The summed E-state index contributed by atoms with van der Waals surface area (Å²) in [6.07, 6.45) is -2.26. The first-order valence-corrected chi connectivity index (χ1v) is 14.1. The number of aromatic nitrogens is 2. The van der Waals surface area contributed by atoms with Gasteiger partial charge in [-0.3, -0.25) is 19.1 Å². The van der Waals surface area contributed by atoms with Crippen LogP contribution >= 0.6 is 23.2 Å². The molecule has 0 saturated heterocycles. The second kappa shape index (κ2) is 9.21. The van der Waals surface area contributed by atoms with Crippen molar-refractivity contribution >= 4 is 40.9 Å². The van der Waals surface area contributed by atoms with Crippen molar-refractivity contribution in [3.8, 4) is 0 Å². The molecule has 1 amide bonds. The van der Waals surface area contributed by atoms with Crippen molar-refractivity contribution in [3.05, 3.63) is 51.3 Å². The monoisotopic (exact) mass is 597 g/mol. The second-order valence-corrected chi connectivity index (χ2v) is 13.1. The summed E-state index contributed by atoms with van der Waals surface area (Å²) in [5.74, 6) is -2.65. The number of nitrogens with zero attached hydrogens (tertiary/aromatic N) is 3. The number of carbonyl (C=O) groups excluding carboxylic acids is 2. The first kappa shape index (κ1) is 27.6. The minimum absolute atomic E-state index is 0.0250. The lowest BCUT2D eigenvalue weighted by Crippen LogP contribution is -2.44. The number of benzene rings is 1. The van der Waals surface area contributed by atoms with Crippen molar-refractivity contribution in [3.63, 3.8) is 0 Å². The largest absolute Gasteiger partial charge is 0.481 e. The Balaban J connectivity index is 1.32. The topological polar surface area (TPSA) is 92.5 Å². The van der Waals surface area contributed by atoms with E-state index in [0.29, 0.717) is 24.7 Å². The van der Waals surface area contributed by atoms with E-state index in [1.165, 1.54) is 17.0 Å². The lowest BCUT2D eigenvalue weighted by atomic mass is 9.96. The molecule has 12 heteroatoms. The molecule has 1 heterocycles. The molecule has 4 aliphatic carbocycles. The maximum atomic E-state index is 14.5. The molecule has 0 radical (unpaired) electrons. The molecule has 1 aromatic heterocycles. The minimum Gasteiger partial charge on any atom is -0.481 e. The van der Waals surface area contributed by atoms with E-state index in [-0.39, 0.29) is 45.7 Å². The summed E-state index contributed by atoms with van der Waals surface area (Å²) in [4.78, 5) is 39.9. The average molecular weight is 598 g/mol. The van der Waals surface area contributed by atoms with E-state index >= 15 is 0 Å². The van der Waals surface area contributed by atoms with E-state index in [9.17, 15) is 32.7 Å². The Kier molecular flexibility index (Phi) is 6.35. The summed E-state index contributed by atoms with van der Waals surface area (Å²) in [5, 5.41) is 13.5. The minimum atomic E-state index is -4.89. The summed E-state index contributed by atoms with van der Waals surface area (Å²) in [6, 6.07) is 3.49. The van der Waals surface area contributed by atoms with Crippen LogP contribution in [0.25, 0.3) is 0 Å². The van der Waals surface area contributed by atoms with Gasteiger partial charge in [-0.2, -0.15) is 18.3 Å². The van der Waals surface area contributed by atoms with E-state index in [1.807, 2.05) is 0 Å². The highest BCUT2D eigenvalue weighted by atomic mass is 35.5. The highest BCUT2D eigenvalue weighted by Crippen LogP contribution is 2.67. The molecule has 4 fully saturated rings. The molecule has 0 bridgehead atoms. The number of carboxylic acid groups (broad SMARTS) is 1. The van der Waals surface area contributed by atoms with Crippen LogP contribution in [0.2, 0.25) is 10.0 Å². The Labute approximate surface area is 238 Å². The van der Waals surface area contributed by atoms with Gasteiger partial charge < -0.3 is 10.0 Å². The number of alkyl halides is 3. The standard InChI is InChI=1S/C28H28Cl2F3N3O4/c1-27(2)17-8-12(9-18(17)27)35(11-21(37)23-19(29)4-3-5-20(23)30)25(38)16-10-34-36(24(16)28(31,32)33)13-6-14-15(7-13)22(14)26(39)40/h3-5,10,12-15,17-18,22H,6-9,11H2,1-2H3,(H,39,40)/t12?,13?,14-,15+,17-,18+,22?. The summed E-state index contributed by atoms with van der Waals surface area (Å²) >= 11 is 12.5. The fourth-order valence-corrected chi connectivity index (χ4v) is 8.31. The highest BCUT2D eigenvalue weighted by molar-refractivity contribution is 6.40. The van der Waals surface area contributed by atoms with Crippen LogP contribution in [0.3, 0.4) is 0 Å².